The van der Waals surface area contributed by atoms with Gasteiger partial charge in [0.05, 0.1) is 9.93 Å². The van der Waals surface area contributed by atoms with Crippen LogP contribution in [0.2, 0.25) is 0 Å². The molecule has 2 aromatic rings. The molecular weight excluding hydrogens is 282 g/mol. The summed E-state index contributed by atoms with van der Waals surface area (Å²) in [6.45, 7) is 2.44. The van der Waals surface area contributed by atoms with Gasteiger partial charge in [-0.15, -0.1) is 11.3 Å². The molecule has 4 N–H and O–H groups in total. The number of rotatable bonds is 6. The Morgan fingerprint density at radius 3 is 2.95 bits per heavy atom. The predicted octanol–water partition coefficient (Wildman–Crippen LogP) is 1.34. The average molecular weight is 295 g/mol. The van der Waals surface area contributed by atoms with E-state index in [9.17, 15) is 10.1 Å². The Balaban J connectivity index is 2.13. The van der Waals surface area contributed by atoms with Crippen molar-refractivity contribution in [3.05, 3.63) is 32.9 Å². The molecule has 106 valence electrons. The van der Waals surface area contributed by atoms with Gasteiger partial charge in [-0.2, -0.15) is 4.98 Å². The standard InChI is InChI=1S/C10H13N7O2S/c1-6(9-12-2-3-20-9)4-13-8-7(17(18)19)5-14-10(15-8)16-11/h2-3,5-6H,4,11H2,1H3,(H2,13,14,15,16). The maximum Gasteiger partial charge on any atom is 0.329 e. The summed E-state index contributed by atoms with van der Waals surface area (Å²) >= 11 is 1.53. The van der Waals surface area contributed by atoms with E-state index in [1.807, 2.05) is 12.3 Å². The molecule has 0 fully saturated rings. The zero-order chi connectivity index (χ0) is 14.5. The normalized spacial score (nSPS) is 11.9. The third kappa shape index (κ3) is 3.16. The van der Waals surface area contributed by atoms with Gasteiger partial charge in [0.2, 0.25) is 11.8 Å². The molecule has 2 heterocycles. The summed E-state index contributed by atoms with van der Waals surface area (Å²) in [5, 5.41) is 16.7. The molecule has 0 saturated carbocycles. The number of hydrogen-bond donors (Lipinski definition) is 3. The van der Waals surface area contributed by atoms with Crippen LogP contribution in [0.5, 0.6) is 0 Å². The van der Waals surface area contributed by atoms with Crippen LogP contribution in [0.3, 0.4) is 0 Å². The molecule has 0 aliphatic carbocycles. The zero-order valence-corrected chi connectivity index (χ0v) is 11.4. The van der Waals surface area contributed by atoms with Gasteiger partial charge in [-0.1, -0.05) is 6.92 Å². The summed E-state index contributed by atoms with van der Waals surface area (Å²) in [6, 6.07) is 0. The maximum atomic E-state index is 10.9. The minimum absolute atomic E-state index is 0.110. The van der Waals surface area contributed by atoms with E-state index in [1.165, 1.54) is 11.3 Å². The summed E-state index contributed by atoms with van der Waals surface area (Å²) in [5.74, 6) is 5.54. The Morgan fingerprint density at radius 2 is 2.35 bits per heavy atom. The van der Waals surface area contributed by atoms with E-state index < -0.39 is 4.92 Å². The predicted molar refractivity (Wildman–Crippen MR) is 75.5 cm³/mol. The first-order valence-electron chi connectivity index (χ1n) is 5.73. The number of hydrogen-bond acceptors (Lipinski definition) is 9. The number of nitrogens with zero attached hydrogens (tertiary/aromatic N) is 4. The van der Waals surface area contributed by atoms with Gasteiger partial charge >= 0.3 is 5.69 Å². The molecule has 0 saturated heterocycles. The van der Waals surface area contributed by atoms with Gasteiger partial charge in [-0.3, -0.25) is 15.5 Å². The lowest BCUT2D eigenvalue weighted by molar-refractivity contribution is -0.384. The first kappa shape index (κ1) is 14.1. The molecule has 1 unspecified atom stereocenters. The largest absolute Gasteiger partial charge is 0.363 e. The molecule has 0 spiro atoms. The second-order valence-electron chi connectivity index (χ2n) is 3.98. The number of hydrazine groups is 1. The molecule has 0 aliphatic rings. The Hall–Kier alpha value is -2.33. The van der Waals surface area contributed by atoms with E-state index in [-0.39, 0.29) is 23.4 Å². The highest BCUT2D eigenvalue weighted by molar-refractivity contribution is 7.09. The van der Waals surface area contributed by atoms with Crippen LogP contribution in [-0.4, -0.2) is 26.4 Å². The molecule has 2 rings (SSSR count). The zero-order valence-electron chi connectivity index (χ0n) is 10.6. The summed E-state index contributed by atoms with van der Waals surface area (Å²) in [7, 11) is 0. The number of aromatic nitrogens is 3. The lowest BCUT2D eigenvalue weighted by Crippen LogP contribution is -2.15. The maximum absolute atomic E-state index is 10.9. The summed E-state index contributed by atoms with van der Waals surface area (Å²) in [6.07, 6.45) is 2.83. The van der Waals surface area contributed by atoms with Crippen molar-refractivity contribution < 1.29 is 4.92 Å². The number of nitro groups is 1. The molecule has 9 nitrogen and oxygen atoms in total. The fourth-order valence-electron chi connectivity index (χ4n) is 1.52. The van der Waals surface area contributed by atoms with E-state index in [2.05, 4.69) is 25.7 Å². The third-order valence-corrected chi connectivity index (χ3v) is 3.55. The number of nitrogens with one attached hydrogen (secondary N) is 2. The summed E-state index contributed by atoms with van der Waals surface area (Å²) in [5.41, 5.74) is 2.05. The van der Waals surface area contributed by atoms with E-state index in [4.69, 9.17) is 5.84 Å². The smallest absolute Gasteiger partial charge is 0.329 e. The van der Waals surface area contributed by atoms with Gasteiger partial charge in [-0.25, -0.2) is 15.8 Å². The van der Waals surface area contributed by atoms with E-state index in [1.54, 1.807) is 6.20 Å². The quantitative estimate of drug-likeness (QED) is 0.413. The Morgan fingerprint density at radius 1 is 1.55 bits per heavy atom. The fourth-order valence-corrected chi connectivity index (χ4v) is 2.22. The second kappa shape index (κ2) is 6.21. The van der Waals surface area contributed by atoms with Crippen molar-refractivity contribution in [1.29, 1.82) is 0 Å². The number of anilines is 2. The van der Waals surface area contributed by atoms with Crippen molar-refractivity contribution in [3.8, 4) is 0 Å². The van der Waals surface area contributed by atoms with Crippen LogP contribution in [0.1, 0.15) is 17.8 Å². The highest BCUT2D eigenvalue weighted by atomic mass is 32.1. The average Bonchev–Trinajstić information content (AvgIpc) is 2.98. The van der Waals surface area contributed by atoms with Crippen molar-refractivity contribution in [3.63, 3.8) is 0 Å². The van der Waals surface area contributed by atoms with E-state index in [0.29, 0.717) is 6.54 Å². The molecule has 0 aromatic carbocycles. The number of nitrogens with two attached hydrogens (primary N) is 1. The minimum Gasteiger partial charge on any atom is -0.363 e. The van der Waals surface area contributed by atoms with Gasteiger partial charge in [-0.05, 0) is 0 Å². The minimum atomic E-state index is -0.545. The highest BCUT2D eigenvalue weighted by Crippen LogP contribution is 2.24. The lowest BCUT2D eigenvalue weighted by Gasteiger charge is -2.11. The molecule has 0 aliphatic heterocycles. The highest BCUT2D eigenvalue weighted by Gasteiger charge is 2.18. The first-order chi connectivity index (χ1) is 9.61. The molecule has 20 heavy (non-hydrogen) atoms. The molecular formula is C10H13N7O2S. The molecule has 10 heteroatoms. The van der Waals surface area contributed by atoms with Gasteiger partial charge < -0.3 is 5.32 Å². The Bertz CT molecular complexity index is 589. The van der Waals surface area contributed by atoms with E-state index in [0.717, 1.165) is 11.2 Å². The van der Waals surface area contributed by atoms with Gasteiger partial charge in [0.1, 0.15) is 6.20 Å². The van der Waals surface area contributed by atoms with Crippen molar-refractivity contribution in [2.45, 2.75) is 12.8 Å². The van der Waals surface area contributed by atoms with Crippen LogP contribution in [0, 0.1) is 10.1 Å². The molecule has 1 atom stereocenters. The first-order valence-corrected chi connectivity index (χ1v) is 6.61. The molecule has 0 radical (unpaired) electrons. The fraction of sp³-hybridized carbons (Fsp3) is 0.300. The number of nitrogen functional groups attached to an aromatic ring is 1. The van der Waals surface area contributed by atoms with Crippen LogP contribution in [0.25, 0.3) is 0 Å². The summed E-state index contributed by atoms with van der Waals surface area (Å²) in [4.78, 5) is 22.2. The third-order valence-electron chi connectivity index (χ3n) is 2.54. The van der Waals surface area contributed by atoms with Crippen molar-refractivity contribution >= 4 is 28.8 Å². The van der Waals surface area contributed by atoms with Crippen LogP contribution in [0.15, 0.2) is 17.8 Å². The lowest BCUT2D eigenvalue weighted by atomic mass is 10.2. The summed E-state index contributed by atoms with van der Waals surface area (Å²) < 4.78 is 0. The van der Waals surface area contributed by atoms with Crippen molar-refractivity contribution in [1.82, 2.24) is 15.0 Å². The Kier molecular flexibility index (Phi) is 4.38. The molecule has 0 amide bonds. The SMILES string of the molecule is CC(CNc1nc(NN)ncc1[N+](=O)[O-])c1nccs1. The topological polar surface area (TPSA) is 132 Å². The molecule has 0 bridgehead atoms. The van der Waals surface area contributed by atoms with Gasteiger partial charge in [0, 0.05) is 24.0 Å². The van der Waals surface area contributed by atoms with E-state index >= 15 is 0 Å². The van der Waals surface area contributed by atoms with Crippen LogP contribution < -0.4 is 16.6 Å². The van der Waals surface area contributed by atoms with Crippen LogP contribution >= 0.6 is 11.3 Å². The Labute approximate surface area is 118 Å². The van der Waals surface area contributed by atoms with Crippen molar-refractivity contribution in [2.75, 3.05) is 17.3 Å². The van der Waals surface area contributed by atoms with Gasteiger partial charge in [0.25, 0.3) is 0 Å². The second-order valence-corrected chi connectivity index (χ2v) is 4.91. The number of thiazole rings is 1. The van der Waals surface area contributed by atoms with Crippen molar-refractivity contribution in [2.24, 2.45) is 5.84 Å². The monoisotopic (exact) mass is 295 g/mol. The molecule has 2 aromatic heterocycles. The van der Waals surface area contributed by atoms with Crippen LogP contribution in [-0.2, 0) is 0 Å². The van der Waals surface area contributed by atoms with Crippen LogP contribution in [0.4, 0.5) is 17.5 Å². The van der Waals surface area contributed by atoms with Gasteiger partial charge in [0.15, 0.2) is 0 Å².